The number of nitrogens with zero attached hydrogens (tertiary/aromatic N) is 1. The molecule has 3 rings (SSSR count). The van der Waals surface area contributed by atoms with Crippen LogP contribution in [0.15, 0.2) is 91.0 Å². The molecule has 0 saturated heterocycles. The van der Waals surface area contributed by atoms with Crippen molar-refractivity contribution in [2.75, 3.05) is 6.61 Å². The van der Waals surface area contributed by atoms with Crippen LogP contribution in [0.5, 0.6) is 5.75 Å². The van der Waals surface area contributed by atoms with E-state index in [2.05, 4.69) is 5.32 Å². The van der Waals surface area contributed by atoms with Gasteiger partial charge in [0.15, 0.2) is 6.61 Å². The second-order valence-corrected chi connectivity index (χ2v) is 8.13. The van der Waals surface area contributed by atoms with Crippen molar-refractivity contribution >= 4 is 11.8 Å². The molecule has 0 saturated carbocycles. The molecule has 0 radical (unpaired) electrons. The summed E-state index contributed by atoms with van der Waals surface area (Å²) in [6, 6.07) is 28.1. The molecule has 33 heavy (non-hydrogen) atoms. The number of ether oxygens (including phenoxy) is 1. The molecule has 3 aromatic carbocycles. The molecule has 0 heterocycles. The minimum Gasteiger partial charge on any atom is -0.484 e. The van der Waals surface area contributed by atoms with Gasteiger partial charge in [0.05, 0.1) is 0 Å². The Bertz CT molecular complexity index is 993. The lowest BCUT2D eigenvalue weighted by Crippen LogP contribution is -2.53. The second-order valence-electron chi connectivity index (χ2n) is 8.13. The number of nitrogens with one attached hydrogen (secondary N) is 1. The van der Waals surface area contributed by atoms with Crippen molar-refractivity contribution in [2.24, 2.45) is 0 Å². The standard InChI is InChI=1S/C28H32N2O3/c1-3-22(2)29-28(32)26(19-23-13-7-4-8-14-23)30(20-24-15-9-5-10-16-24)27(31)21-33-25-17-11-6-12-18-25/h4-18,22,26H,3,19-21H2,1-2H3,(H,29,32)/t22-,26-/m1/s1. The van der Waals surface area contributed by atoms with Gasteiger partial charge in [0, 0.05) is 19.0 Å². The Morgan fingerprint density at radius 1 is 0.848 bits per heavy atom. The van der Waals surface area contributed by atoms with Crippen LogP contribution in [0, 0.1) is 0 Å². The third-order valence-corrected chi connectivity index (χ3v) is 5.57. The third-order valence-electron chi connectivity index (χ3n) is 5.57. The maximum Gasteiger partial charge on any atom is 0.261 e. The Morgan fingerprint density at radius 2 is 1.39 bits per heavy atom. The zero-order valence-electron chi connectivity index (χ0n) is 19.3. The van der Waals surface area contributed by atoms with Crippen LogP contribution in [-0.4, -0.2) is 35.4 Å². The summed E-state index contributed by atoms with van der Waals surface area (Å²) in [7, 11) is 0. The number of benzene rings is 3. The lowest BCUT2D eigenvalue weighted by Gasteiger charge is -2.32. The van der Waals surface area contributed by atoms with Crippen LogP contribution < -0.4 is 10.1 Å². The van der Waals surface area contributed by atoms with E-state index in [4.69, 9.17) is 4.74 Å². The van der Waals surface area contributed by atoms with Crippen LogP contribution in [-0.2, 0) is 22.6 Å². The lowest BCUT2D eigenvalue weighted by molar-refractivity contribution is -0.143. The van der Waals surface area contributed by atoms with E-state index in [9.17, 15) is 9.59 Å². The van der Waals surface area contributed by atoms with Crippen molar-refractivity contribution in [3.63, 3.8) is 0 Å². The molecular weight excluding hydrogens is 412 g/mol. The van der Waals surface area contributed by atoms with Crippen molar-refractivity contribution in [1.29, 1.82) is 0 Å². The first-order valence-electron chi connectivity index (χ1n) is 11.4. The van der Waals surface area contributed by atoms with Crippen LogP contribution in [0.3, 0.4) is 0 Å². The highest BCUT2D eigenvalue weighted by molar-refractivity contribution is 5.88. The molecule has 0 aliphatic rings. The average Bonchev–Trinajstić information content (AvgIpc) is 2.86. The second kappa shape index (κ2) is 12.4. The third kappa shape index (κ3) is 7.49. The fraction of sp³-hybridized carbons (Fsp3) is 0.286. The van der Waals surface area contributed by atoms with Crippen molar-refractivity contribution in [3.05, 3.63) is 102 Å². The molecule has 5 nitrogen and oxygen atoms in total. The van der Waals surface area contributed by atoms with Crippen molar-refractivity contribution in [2.45, 2.75) is 45.3 Å². The van der Waals surface area contributed by atoms with Gasteiger partial charge in [-0.1, -0.05) is 85.8 Å². The molecule has 0 fully saturated rings. The number of carbonyl (C=O) groups excluding carboxylic acids is 2. The van der Waals surface area contributed by atoms with Gasteiger partial charge in [-0.15, -0.1) is 0 Å². The van der Waals surface area contributed by atoms with E-state index < -0.39 is 6.04 Å². The fourth-order valence-electron chi connectivity index (χ4n) is 3.52. The van der Waals surface area contributed by atoms with Gasteiger partial charge in [0.2, 0.25) is 5.91 Å². The van der Waals surface area contributed by atoms with E-state index in [1.807, 2.05) is 105 Å². The SMILES string of the molecule is CC[C@@H](C)NC(=O)[C@@H](Cc1ccccc1)N(Cc1ccccc1)C(=O)COc1ccccc1. The Morgan fingerprint density at radius 3 is 1.97 bits per heavy atom. The van der Waals surface area contributed by atoms with E-state index in [0.29, 0.717) is 18.7 Å². The topological polar surface area (TPSA) is 58.6 Å². The van der Waals surface area contributed by atoms with Gasteiger partial charge in [0.1, 0.15) is 11.8 Å². The zero-order chi connectivity index (χ0) is 23.5. The molecule has 2 amide bonds. The van der Waals surface area contributed by atoms with Crippen LogP contribution in [0.2, 0.25) is 0 Å². The molecule has 1 N–H and O–H groups in total. The fourth-order valence-corrected chi connectivity index (χ4v) is 3.52. The number of carbonyl (C=O) groups is 2. The highest BCUT2D eigenvalue weighted by Gasteiger charge is 2.31. The number of hydrogen-bond acceptors (Lipinski definition) is 3. The summed E-state index contributed by atoms with van der Waals surface area (Å²) in [6.45, 7) is 4.18. The van der Waals surface area contributed by atoms with Gasteiger partial charge in [-0.25, -0.2) is 0 Å². The first-order valence-corrected chi connectivity index (χ1v) is 11.4. The molecule has 0 unspecified atom stereocenters. The number of hydrogen-bond donors (Lipinski definition) is 1. The van der Waals surface area contributed by atoms with E-state index in [1.54, 1.807) is 4.90 Å². The van der Waals surface area contributed by atoms with Crippen LogP contribution in [0.1, 0.15) is 31.4 Å². The molecule has 0 aromatic heterocycles. The van der Waals surface area contributed by atoms with Crippen molar-refractivity contribution < 1.29 is 14.3 Å². The van der Waals surface area contributed by atoms with Gasteiger partial charge < -0.3 is 15.0 Å². The highest BCUT2D eigenvalue weighted by atomic mass is 16.5. The molecule has 0 bridgehead atoms. The molecule has 0 aliphatic carbocycles. The van der Waals surface area contributed by atoms with Crippen molar-refractivity contribution in [3.8, 4) is 5.75 Å². The quantitative estimate of drug-likeness (QED) is 0.469. The van der Waals surface area contributed by atoms with E-state index in [-0.39, 0.29) is 24.5 Å². The lowest BCUT2D eigenvalue weighted by atomic mass is 10.0. The van der Waals surface area contributed by atoms with E-state index in [0.717, 1.165) is 17.5 Å². The predicted octanol–water partition coefficient (Wildman–Crippen LogP) is 4.62. The van der Waals surface area contributed by atoms with Gasteiger partial charge in [-0.05, 0) is 36.6 Å². The van der Waals surface area contributed by atoms with Crippen LogP contribution >= 0.6 is 0 Å². The summed E-state index contributed by atoms with van der Waals surface area (Å²) in [5.74, 6) is 0.231. The highest BCUT2D eigenvalue weighted by Crippen LogP contribution is 2.16. The first kappa shape index (κ1) is 24.1. The minimum absolute atomic E-state index is 0.0185. The maximum absolute atomic E-state index is 13.4. The Kier molecular flexibility index (Phi) is 9.07. The van der Waals surface area contributed by atoms with Crippen LogP contribution in [0.25, 0.3) is 0 Å². The molecule has 5 heteroatoms. The van der Waals surface area contributed by atoms with Gasteiger partial charge in [-0.2, -0.15) is 0 Å². The molecule has 0 aliphatic heterocycles. The van der Waals surface area contributed by atoms with Crippen molar-refractivity contribution in [1.82, 2.24) is 10.2 Å². The predicted molar refractivity (Wildman–Crippen MR) is 131 cm³/mol. The summed E-state index contributed by atoms with van der Waals surface area (Å²) in [5, 5.41) is 3.07. The van der Waals surface area contributed by atoms with Crippen LogP contribution in [0.4, 0.5) is 0 Å². The van der Waals surface area contributed by atoms with E-state index in [1.165, 1.54) is 0 Å². The zero-order valence-corrected chi connectivity index (χ0v) is 19.3. The van der Waals surface area contributed by atoms with E-state index >= 15 is 0 Å². The maximum atomic E-state index is 13.4. The normalized spacial score (nSPS) is 12.4. The molecule has 3 aromatic rings. The summed E-state index contributed by atoms with van der Waals surface area (Å²) in [6.07, 6.45) is 1.24. The molecule has 2 atom stereocenters. The van der Waals surface area contributed by atoms with Gasteiger partial charge >= 0.3 is 0 Å². The minimum atomic E-state index is -0.659. The van der Waals surface area contributed by atoms with Gasteiger partial charge in [-0.3, -0.25) is 9.59 Å². The Balaban J connectivity index is 1.88. The number of para-hydroxylation sites is 1. The molecule has 172 valence electrons. The molecular formula is C28H32N2O3. The smallest absolute Gasteiger partial charge is 0.261 e. The van der Waals surface area contributed by atoms with Gasteiger partial charge in [0.25, 0.3) is 5.91 Å². The monoisotopic (exact) mass is 444 g/mol. The summed E-state index contributed by atoms with van der Waals surface area (Å²) in [5.41, 5.74) is 1.96. The Labute approximate surface area is 196 Å². The Hall–Kier alpha value is -3.60. The summed E-state index contributed by atoms with van der Waals surface area (Å²) in [4.78, 5) is 28.5. The first-order chi connectivity index (χ1) is 16.1. The number of rotatable bonds is 11. The number of amides is 2. The largest absolute Gasteiger partial charge is 0.484 e. The summed E-state index contributed by atoms with van der Waals surface area (Å²) < 4.78 is 5.75. The average molecular weight is 445 g/mol. The molecule has 0 spiro atoms. The summed E-state index contributed by atoms with van der Waals surface area (Å²) >= 11 is 0.